The van der Waals surface area contributed by atoms with Crippen molar-refractivity contribution < 1.29 is 24.2 Å². The number of aliphatic hydroxyl groups excluding tert-OH is 1. The molecule has 0 bridgehead atoms. The lowest BCUT2D eigenvalue weighted by Gasteiger charge is -2.35. The molecule has 0 aliphatic carbocycles. The van der Waals surface area contributed by atoms with Crippen LogP contribution in [0.2, 0.25) is 0 Å². The monoisotopic (exact) mass is 986 g/mol. The minimum absolute atomic E-state index is 0.0450. The first-order chi connectivity index (χ1) is 33.9. The Morgan fingerprint density at radius 3 is 2.06 bits per heavy atom. The van der Waals surface area contributed by atoms with Gasteiger partial charge in [-0.3, -0.25) is 19.3 Å². The quantitative estimate of drug-likeness (QED) is 0.0356. The number of likely N-dealkylation sites (tertiary alicyclic amines) is 1. The number of hydrogen-bond acceptors (Lipinski definition) is 9. The van der Waals surface area contributed by atoms with Crippen molar-refractivity contribution in [1.29, 1.82) is 0 Å². The van der Waals surface area contributed by atoms with Crippen molar-refractivity contribution in [3.8, 4) is 16.2 Å². The van der Waals surface area contributed by atoms with E-state index in [4.69, 9.17) is 16.3 Å². The molecule has 2 aliphatic rings. The molecule has 4 aromatic carbocycles. The van der Waals surface area contributed by atoms with Gasteiger partial charge < -0.3 is 30.3 Å². The Bertz CT molecular complexity index is 2470. The number of piperazine rings is 1. The highest BCUT2D eigenvalue weighted by molar-refractivity contribution is 7.13. The van der Waals surface area contributed by atoms with Gasteiger partial charge in [-0.05, 0) is 89.2 Å². The van der Waals surface area contributed by atoms with Crippen LogP contribution in [-0.2, 0) is 20.9 Å². The average Bonchev–Trinajstić information content (AvgIpc) is 3.99. The summed E-state index contributed by atoms with van der Waals surface area (Å²) < 4.78 is 6.25. The summed E-state index contributed by atoms with van der Waals surface area (Å²) in [6.07, 6.45) is 4.18. The molecule has 3 atom stereocenters. The van der Waals surface area contributed by atoms with Crippen LogP contribution in [0.5, 0.6) is 5.75 Å². The average molecular weight is 988 g/mol. The van der Waals surface area contributed by atoms with Crippen LogP contribution in [0.15, 0.2) is 115 Å². The fraction of sp³-hybridized carbons (Fsp3) is 0.439. The second-order valence-corrected chi connectivity index (χ2v) is 20.9. The number of rotatable bonds is 22. The predicted molar refractivity (Wildman–Crippen MR) is 284 cm³/mol. The van der Waals surface area contributed by atoms with Crippen LogP contribution in [-0.4, -0.2) is 119 Å². The number of amides is 3. The first-order valence-corrected chi connectivity index (χ1v) is 26.4. The summed E-state index contributed by atoms with van der Waals surface area (Å²) in [4.78, 5) is 52.7. The van der Waals surface area contributed by atoms with Crippen LogP contribution in [0, 0.1) is 12.3 Å². The van der Waals surface area contributed by atoms with E-state index < -0.39 is 23.6 Å². The molecular weight excluding hydrogens is 916 g/mol. The van der Waals surface area contributed by atoms with Gasteiger partial charge >= 0.3 is 0 Å². The first kappa shape index (κ1) is 52.5. The molecule has 7 rings (SSSR count). The number of thiazole rings is 1. The topological polar surface area (TPSA) is 127 Å². The van der Waals surface area contributed by atoms with E-state index in [2.05, 4.69) is 98.2 Å². The maximum absolute atomic E-state index is 14.1. The van der Waals surface area contributed by atoms with Crippen molar-refractivity contribution >= 4 is 51.8 Å². The normalized spacial score (nSPS) is 17.5. The number of unbranched alkanes of at least 4 members (excludes halogenated alkanes) is 3. The van der Waals surface area contributed by atoms with Gasteiger partial charge in [0.15, 0.2) is 0 Å². The second kappa shape index (κ2) is 25.7. The molecule has 13 heteroatoms. The van der Waals surface area contributed by atoms with Gasteiger partial charge in [-0.15, -0.1) is 22.9 Å². The van der Waals surface area contributed by atoms with Gasteiger partial charge in [-0.2, -0.15) is 0 Å². The molecule has 2 fully saturated rings. The number of allylic oxidation sites excluding steroid dienone is 1. The minimum Gasteiger partial charge on any atom is -0.492 e. The summed E-state index contributed by atoms with van der Waals surface area (Å²) in [6, 6.07) is 35.8. The lowest BCUT2D eigenvalue weighted by atomic mass is 9.85. The number of aryl methyl sites for hydroxylation is 1. The van der Waals surface area contributed by atoms with Gasteiger partial charge in [0.2, 0.25) is 17.7 Å². The molecule has 3 amide bonds. The van der Waals surface area contributed by atoms with Crippen LogP contribution >= 0.6 is 22.9 Å². The van der Waals surface area contributed by atoms with E-state index in [0.717, 1.165) is 110 Å². The fourth-order valence-electron chi connectivity index (χ4n) is 9.50. The predicted octanol–water partition coefficient (Wildman–Crippen LogP) is 9.46. The highest BCUT2D eigenvalue weighted by Crippen LogP contribution is 2.36. The Labute approximate surface area is 424 Å². The summed E-state index contributed by atoms with van der Waals surface area (Å²) in [7, 11) is 0. The van der Waals surface area contributed by atoms with Crippen molar-refractivity contribution in [3.05, 3.63) is 143 Å². The molecule has 5 aromatic rings. The lowest BCUT2D eigenvalue weighted by Crippen LogP contribution is -2.57. The van der Waals surface area contributed by atoms with Gasteiger partial charge in [-0.25, -0.2) is 4.98 Å². The lowest BCUT2D eigenvalue weighted by molar-refractivity contribution is -0.144. The number of carbonyl (C=O) groups excluding carboxylic acids is 3. The maximum Gasteiger partial charge on any atom is 0.246 e. The minimum atomic E-state index is -0.836. The Kier molecular flexibility index (Phi) is 19.2. The van der Waals surface area contributed by atoms with E-state index in [0.29, 0.717) is 25.5 Å². The van der Waals surface area contributed by atoms with Crippen LogP contribution < -0.4 is 15.4 Å². The van der Waals surface area contributed by atoms with Gasteiger partial charge in [0.25, 0.3) is 0 Å². The Hall–Kier alpha value is -5.37. The standard InChI is InChI=1S/C57H71ClN6O5S/c1-41-53(70-40-60-41)46-22-20-42(21-23-46)38-59-55(67)50-37-47(65)39-64(50)56(68)54(57(2,3)4)61-51(66)19-13-5-6-14-30-62-31-33-63(34-32-62)35-36-69-48-26-24-45(25-27-48)52(44-17-11-8-12-18-44)49(28-29-58)43-15-9-7-10-16-43/h7-12,15-18,20-27,40,47,50,54,65H,5-6,13-14,19,28-39H2,1-4H3,(H,59,67)(H,61,66)/b52-49-/t47-,50+,54?/m1/s1. The molecule has 11 nitrogen and oxygen atoms in total. The van der Waals surface area contributed by atoms with Crippen molar-refractivity contribution in [1.82, 2.24) is 30.3 Å². The molecular formula is C57H71ClN6O5S. The van der Waals surface area contributed by atoms with E-state index >= 15 is 0 Å². The third-order valence-electron chi connectivity index (χ3n) is 13.5. The van der Waals surface area contributed by atoms with E-state index in [1.165, 1.54) is 21.6 Å². The van der Waals surface area contributed by atoms with Crippen LogP contribution in [0.4, 0.5) is 0 Å². The fourth-order valence-corrected chi connectivity index (χ4v) is 10.5. The maximum atomic E-state index is 14.1. The molecule has 3 heterocycles. The summed E-state index contributed by atoms with van der Waals surface area (Å²) in [5.74, 6) is 0.565. The van der Waals surface area contributed by atoms with Crippen molar-refractivity contribution in [2.75, 3.05) is 58.3 Å². The number of ether oxygens (including phenoxy) is 1. The number of benzene rings is 4. The molecule has 70 heavy (non-hydrogen) atoms. The molecule has 3 N–H and O–H groups in total. The number of β-amino-alcohol motifs (C(OH)–C–C–N with tert-alkyl or cyclic N) is 1. The number of nitrogens with zero attached hydrogens (tertiary/aromatic N) is 4. The molecule has 1 aromatic heterocycles. The van der Waals surface area contributed by atoms with E-state index in [1.807, 2.05) is 69.6 Å². The molecule has 0 saturated carbocycles. The highest BCUT2D eigenvalue weighted by Gasteiger charge is 2.44. The second-order valence-electron chi connectivity index (χ2n) is 19.7. The first-order valence-electron chi connectivity index (χ1n) is 25.0. The molecule has 372 valence electrons. The summed E-state index contributed by atoms with van der Waals surface area (Å²) in [6.45, 7) is 14.7. The Morgan fingerprint density at radius 1 is 0.800 bits per heavy atom. The molecule has 0 radical (unpaired) electrons. The Morgan fingerprint density at radius 2 is 1.43 bits per heavy atom. The number of nitrogens with one attached hydrogen (secondary N) is 2. The summed E-state index contributed by atoms with van der Waals surface area (Å²) >= 11 is 7.94. The molecule has 0 spiro atoms. The van der Waals surface area contributed by atoms with Gasteiger partial charge in [-0.1, -0.05) is 131 Å². The van der Waals surface area contributed by atoms with Crippen LogP contribution in [0.3, 0.4) is 0 Å². The summed E-state index contributed by atoms with van der Waals surface area (Å²) in [5.41, 5.74) is 10.1. The smallest absolute Gasteiger partial charge is 0.246 e. The van der Waals surface area contributed by atoms with Gasteiger partial charge in [0.1, 0.15) is 24.4 Å². The van der Waals surface area contributed by atoms with Gasteiger partial charge in [0, 0.05) is 64.5 Å². The largest absolute Gasteiger partial charge is 0.492 e. The van der Waals surface area contributed by atoms with Crippen LogP contribution in [0.25, 0.3) is 21.6 Å². The molecule has 1 unspecified atom stereocenters. The van der Waals surface area contributed by atoms with Crippen molar-refractivity contribution in [2.24, 2.45) is 5.41 Å². The number of carbonyl (C=O) groups is 3. The highest BCUT2D eigenvalue weighted by atomic mass is 35.5. The van der Waals surface area contributed by atoms with Crippen molar-refractivity contribution in [2.45, 2.75) is 97.4 Å². The number of aliphatic hydroxyl groups is 1. The third kappa shape index (κ3) is 14.6. The zero-order valence-electron chi connectivity index (χ0n) is 41.4. The van der Waals surface area contributed by atoms with Crippen molar-refractivity contribution in [3.63, 3.8) is 0 Å². The third-order valence-corrected chi connectivity index (χ3v) is 14.6. The molecule has 2 saturated heterocycles. The van der Waals surface area contributed by atoms with E-state index in [1.54, 1.807) is 11.3 Å². The number of hydrogen-bond donors (Lipinski definition) is 3. The number of aromatic nitrogens is 1. The number of halogens is 1. The summed E-state index contributed by atoms with van der Waals surface area (Å²) in [5, 5.41) is 16.6. The van der Waals surface area contributed by atoms with Crippen LogP contribution in [0.1, 0.15) is 93.7 Å². The molecule has 2 aliphatic heterocycles. The Balaban J connectivity index is 0.786. The number of alkyl halides is 1. The van der Waals surface area contributed by atoms with Gasteiger partial charge in [0.05, 0.1) is 22.2 Å². The van der Waals surface area contributed by atoms with E-state index in [-0.39, 0.29) is 30.7 Å². The zero-order valence-corrected chi connectivity index (χ0v) is 43.0. The SMILES string of the molecule is Cc1ncsc1-c1ccc(CNC(=O)[C@@H]2C[C@@H](O)CN2C(=O)C(NC(=O)CCCCCCN2CCN(CCOc3ccc(/C(=C(/CCCl)c4ccccc4)c4ccccc4)cc3)CC2)C(C)(C)C)cc1. The van der Waals surface area contributed by atoms with E-state index in [9.17, 15) is 19.5 Å². The zero-order chi connectivity index (χ0) is 49.5.